The predicted octanol–water partition coefficient (Wildman–Crippen LogP) is 3.81. The predicted molar refractivity (Wildman–Crippen MR) is 75.0 cm³/mol. The maximum absolute atomic E-state index is 13.4. The van der Waals surface area contributed by atoms with E-state index in [2.05, 4.69) is 10.5 Å². The van der Waals surface area contributed by atoms with Gasteiger partial charge >= 0.3 is 0 Å². The van der Waals surface area contributed by atoms with Crippen molar-refractivity contribution in [2.45, 2.75) is 13.8 Å². The van der Waals surface area contributed by atoms with Gasteiger partial charge in [0.25, 0.3) is 0 Å². The number of hydrogen-bond donors (Lipinski definition) is 2. The van der Waals surface area contributed by atoms with Gasteiger partial charge in [0.05, 0.1) is 11.4 Å². The molecule has 20 heavy (non-hydrogen) atoms. The Bertz CT molecular complexity index is 669. The Balaban J connectivity index is 2.24. The summed E-state index contributed by atoms with van der Waals surface area (Å²) in [4.78, 5) is 0. The molecule has 5 heteroatoms. The average molecular weight is 276 g/mol. The quantitative estimate of drug-likeness (QED) is 0.661. The number of hydrazone groups is 1. The summed E-state index contributed by atoms with van der Waals surface area (Å²) in [6, 6.07) is 8.30. The van der Waals surface area contributed by atoms with Crippen molar-refractivity contribution in [3.63, 3.8) is 0 Å². The lowest BCUT2D eigenvalue weighted by atomic mass is 10.1. The smallest absolute Gasteiger partial charge is 0.151 e. The van der Waals surface area contributed by atoms with Crippen molar-refractivity contribution in [3.8, 4) is 5.75 Å². The fourth-order valence-corrected chi connectivity index (χ4v) is 1.72. The molecule has 0 aliphatic heterocycles. The van der Waals surface area contributed by atoms with Crippen LogP contribution in [-0.2, 0) is 0 Å². The molecule has 0 heterocycles. The number of phenolic OH excluding ortho intramolecular Hbond substituents is 1. The zero-order valence-electron chi connectivity index (χ0n) is 11.1. The zero-order valence-corrected chi connectivity index (χ0v) is 11.1. The van der Waals surface area contributed by atoms with Crippen molar-refractivity contribution in [2.24, 2.45) is 5.10 Å². The van der Waals surface area contributed by atoms with Crippen LogP contribution in [0.5, 0.6) is 5.75 Å². The highest BCUT2D eigenvalue weighted by Crippen LogP contribution is 2.20. The standard InChI is InChI=1S/C15H14F2N2O/c1-9-3-6-15(20)12(7-9)10(2)18-19-14-5-4-11(16)8-13(14)17/h3-8,19-20H,1-2H3/b18-10+. The van der Waals surface area contributed by atoms with Gasteiger partial charge < -0.3 is 5.11 Å². The molecule has 0 bridgehead atoms. The first-order chi connectivity index (χ1) is 9.47. The molecule has 104 valence electrons. The van der Waals surface area contributed by atoms with E-state index in [0.717, 1.165) is 17.7 Å². The first kappa shape index (κ1) is 14.0. The van der Waals surface area contributed by atoms with Gasteiger partial charge in [0.2, 0.25) is 0 Å². The second-order valence-electron chi connectivity index (χ2n) is 4.45. The molecule has 0 atom stereocenters. The summed E-state index contributed by atoms with van der Waals surface area (Å²) in [5, 5.41) is 13.8. The Morgan fingerprint density at radius 3 is 2.60 bits per heavy atom. The Labute approximate surface area is 115 Å². The van der Waals surface area contributed by atoms with E-state index in [1.807, 2.05) is 6.92 Å². The van der Waals surface area contributed by atoms with E-state index in [-0.39, 0.29) is 11.4 Å². The summed E-state index contributed by atoms with van der Waals surface area (Å²) < 4.78 is 26.2. The number of nitrogens with zero attached hydrogens (tertiary/aromatic N) is 1. The Morgan fingerprint density at radius 1 is 1.15 bits per heavy atom. The van der Waals surface area contributed by atoms with Crippen molar-refractivity contribution in [2.75, 3.05) is 5.43 Å². The minimum absolute atomic E-state index is 0.0675. The third kappa shape index (κ3) is 3.12. The van der Waals surface area contributed by atoms with Crippen molar-refractivity contribution in [1.29, 1.82) is 0 Å². The van der Waals surface area contributed by atoms with Crippen molar-refractivity contribution in [1.82, 2.24) is 0 Å². The molecule has 0 spiro atoms. The van der Waals surface area contributed by atoms with Crippen LogP contribution in [0.15, 0.2) is 41.5 Å². The second-order valence-corrected chi connectivity index (χ2v) is 4.45. The summed E-state index contributed by atoms with van der Waals surface area (Å²) >= 11 is 0. The molecule has 2 N–H and O–H groups in total. The number of aryl methyl sites for hydroxylation is 1. The number of phenols is 1. The molecule has 2 aromatic carbocycles. The van der Waals surface area contributed by atoms with Crippen molar-refractivity contribution < 1.29 is 13.9 Å². The molecular weight excluding hydrogens is 262 g/mol. The molecule has 0 saturated carbocycles. The molecule has 0 aliphatic carbocycles. The van der Waals surface area contributed by atoms with Gasteiger partial charge in [-0.2, -0.15) is 5.10 Å². The summed E-state index contributed by atoms with van der Waals surface area (Å²) in [7, 11) is 0. The van der Waals surface area contributed by atoms with E-state index in [4.69, 9.17) is 0 Å². The number of halogens is 2. The maximum atomic E-state index is 13.4. The fourth-order valence-electron chi connectivity index (χ4n) is 1.72. The lowest BCUT2D eigenvalue weighted by Gasteiger charge is -2.07. The molecule has 0 radical (unpaired) electrons. The van der Waals surface area contributed by atoms with Crippen LogP contribution in [0.4, 0.5) is 14.5 Å². The van der Waals surface area contributed by atoms with Crippen LogP contribution in [0.25, 0.3) is 0 Å². The Kier molecular flexibility index (Phi) is 3.98. The summed E-state index contributed by atoms with van der Waals surface area (Å²) in [5.41, 5.74) is 4.61. The third-order valence-corrected chi connectivity index (χ3v) is 2.82. The van der Waals surface area contributed by atoms with E-state index in [1.165, 1.54) is 6.07 Å². The van der Waals surface area contributed by atoms with Crippen LogP contribution in [0.2, 0.25) is 0 Å². The van der Waals surface area contributed by atoms with Gasteiger partial charge in [-0.05, 0) is 38.1 Å². The third-order valence-electron chi connectivity index (χ3n) is 2.82. The van der Waals surface area contributed by atoms with Gasteiger partial charge in [-0.25, -0.2) is 8.78 Å². The van der Waals surface area contributed by atoms with Gasteiger partial charge in [0, 0.05) is 11.6 Å². The van der Waals surface area contributed by atoms with Crippen LogP contribution in [-0.4, -0.2) is 10.8 Å². The first-order valence-electron chi connectivity index (χ1n) is 6.02. The minimum Gasteiger partial charge on any atom is -0.507 e. The average Bonchev–Trinajstić information content (AvgIpc) is 2.40. The normalized spacial score (nSPS) is 11.5. The van der Waals surface area contributed by atoms with Gasteiger partial charge in [0.15, 0.2) is 5.82 Å². The van der Waals surface area contributed by atoms with Gasteiger partial charge in [-0.1, -0.05) is 11.6 Å². The van der Waals surface area contributed by atoms with Crippen molar-refractivity contribution in [3.05, 3.63) is 59.2 Å². The number of rotatable bonds is 3. The van der Waals surface area contributed by atoms with Gasteiger partial charge in [-0.3, -0.25) is 5.43 Å². The lowest BCUT2D eigenvalue weighted by Crippen LogP contribution is -2.02. The SMILES string of the molecule is C/C(=N\Nc1ccc(F)cc1F)c1cc(C)ccc1O. The monoisotopic (exact) mass is 276 g/mol. The highest BCUT2D eigenvalue weighted by atomic mass is 19.1. The molecule has 0 saturated heterocycles. The van der Waals surface area contributed by atoms with Crippen LogP contribution in [0.3, 0.4) is 0 Å². The van der Waals surface area contributed by atoms with E-state index in [0.29, 0.717) is 11.3 Å². The fraction of sp³-hybridized carbons (Fsp3) is 0.133. The lowest BCUT2D eigenvalue weighted by molar-refractivity contribution is 0.474. The molecular formula is C15H14F2N2O. The van der Waals surface area contributed by atoms with Crippen LogP contribution in [0, 0.1) is 18.6 Å². The van der Waals surface area contributed by atoms with E-state index < -0.39 is 11.6 Å². The first-order valence-corrected chi connectivity index (χ1v) is 6.02. The molecule has 0 fully saturated rings. The highest BCUT2D eigenvalue weighted by Gasteiger charge is 2.06. The number of aromatic hydroxyl groups is 1. The maximum Gasteiger partial charge on any atom is 0.151 e. The molecule has 0 aromatic heterocycles. The van der Waals surface area contributed by atoms with Crippen molar-refractivity contribution >= 4 is 11.4 Å². The minimum atomic E-state index is -0.727. The van der Waals surface area contributed by atoms with E-state index >= 15 is 0 Å². The summed E-state index contributed by atoms with van der Waals surface area (Å²) in [5.74, 6) is -1.28. The molecule has 3 nitrogen and oxygen atoms in total. The molecule has 0 unspecified atom stereocenters. The van der Waals surface area contributed by atoms with Crippen LogP contribution in [0.1, 0.15) is 18.1 Å². The van der Waals surface area contributed by atoms with E-state index in [9.17, 15) is 13.9 Å². The molecule has 2 rings (SSSR count). The van der Waals surface area contributed by atoms with E-state index in [1.54, 1.807) is 25.1 Å². The number of benzene rings is 2. The summed E-state index contributed by atoms with van der Waals surface area (Å²) in [6.07, 6.45) is 0. The molecule has 0 amide bonds. The van der Waals surface area contributed by atoms with Crippen LogP contribution < -0.4 is 5.43 Å². The summed E-state index contributed by atoms with van der Waals surface area (Å²) in [6.45, 7) is 3.58. The molecule has 2 aromatic rings. The molecule has 0 aliphatic rings. The Morgan fingerprint density at radius 2 is 1.90 bits per heavy atom. The largest absolute Gasteiger partial charge is 0.507 e. The topological polar surface area (TPSA) is 44.6 Å². The van der Waals surface area contributed by atoms with Gasteiger partial charge in [0.1, 0.15) is 11.6 Å². The number of nitrogens with one attached hydrogen (secondary N) is 1. The Hall–Kier alpha value is -2.43. The number of hydrogen-bond acceptors (Lipinski definition) is 3. The zero-order chi connectivity index (χ0) is 14.7. The number of anilines is 1. The highest BCUT2D eigenvalue weighted by molar-refractivity contribution is 6.01. The second kappa shape index (κ2) is 5.69. The van der Waals surface area contributed by atoms with Gasteiger partial charge in [-0.15, -0.1) is 0 Å². The van der Waals surface area contributed by atoms with Crippen LogP contribution >= 0.6 is 0 Å².